The molecule has 1 aliphatic heterocycles. The van der Waals surface area contributed by atoms with Crippen LogP contribution in [-0.4, -0.2) is 42.6 Å². The van der Waals surface area contributed by atoms with Crippen molar-refractivity contribution in [1.82, 2.24) is 9.29 Å². The topological polar surface area (TPSA) is 70.6 Å². The average Bonchev–Trinajstić information content (AvgIpc) is 3.47. The van der Waals surface area contributed by atoms with Crippen molar-refractivity contribution in [2.45, 2.75) is 50.0 Å². The number of rotatable bonds is 7. The minimum absolute atomic E-state index is 0.00649. The highest BCUT2D eigenvalue weighted by molar-refractivity contribution is 7.89. The second kappa shape index (κ2) is 12.0. The first-order valence-electron chi connectivity index (χ1n) is 14.5. The second-order valence-corrected chi connectivity index (χ2v) is 14.2. The molecule has 0 spiro atoms. The van der Waals surface area contributed by atoms with E-state index in [1.165, 1.54) is 24.0 Å². The Balaban J connectivity index is 1.35. The first-order valence-corrected chi connectivity index (χ1v) is 16.8. The normalized spacial score (nSPS) is 18.7. The molecule has 1 atom stereocenters. The molecular weight excluding hydrogens is 563 g/mol. The standard InChI is InChI=1S/C34H35N3O3S2/c1-24-22-36(42(39,40)29-18-19-30(35-21-29)26-12-6-3-7-13-26)23-32(27-14-8-4-9-15-27)37(24)31-20-33(41-34(31)25(2)38)28-16-10-5-11-17-28/h3,5-7,10-13,16-21,27,32H,1,4,8-9,14-15,22-23H2,2H3/t32-/m0/s1. The van der Waals surface area contributed by atoms with Gasteiger partial charge in [0.2, 0.25) is 10.0 Å². The van der Waals surface area contributed by atoms with Crippen LogP contribution < -0.4 is 4.90 Å². The molecule has 1 aliphatic carbocycles. The number of carbonyl (C=O) groups excluding carboxylic acids is 1. The smallest absolute Gasteiger partial charge is 0.245 e. The van der Waals surface area contributed by atoms with Gasteiger partial charge in [-0.3, -0.25) is 9.78 Å². The molecule has 8 heteroatoms. The summed E-state index contributed by atoms with van der Waals surface area (Å²) in [6.45, 7) is 6.50. The fraction of sp³-hybridized carbons (Fsp3) is 0.294. The summed E-state index contributed by atoms with van der Waals surface area (Å²) in [7, 11) is -3.82. The van der Waals surface area contributed by atoms with E-state index >= 15 is 0 Å². The van der Waals surface area contributed by atoms with Gasteiger partial charge in [-0.25, -0.2) is 8.42 Å². The van der Waals surface area contributed by atoms with Gasteiger partial charge in [0.25, 0.3) is 0 Å². The Morgan fingerprint density at radius 3 is 2.21 bits per heavy atom. The quantitative estimate of drug-likeness (QED) is 0.205. The van der Waals surface area contributed by atoms with Crippen LogP contribution in [0, 0.1) is 5.92 Å². The lowest BCUT2D eigenvalue weighted by molar-refractivity contribution is 0.102. The van der Waals surface area contributed by atoms with E-state index in [1.54, 1.807) is 23.4 Å². The van der Waals surface area contributed by atoms with Crippen molar-refractivity contribution >= 4 is 32.8 Å². The molecule has 1 saturated heterocycles. The van der Waals surface area contributed by atoms with Gasteiger partial charge >= 0.3 is 0 Å². The number of Topliss-reactive ketones (excluding diaryl/α,β-unsaturated/α-hetero) is 1. The van der Waals surface area contributed by atoms with Crippen LogP contribution in [0.25, 0.3) is 21.7 Å². The van der Waals surface area contributed by atoms with Crippen molar-refractivity contribution in [2.75, 3.05) is 18.0 Å². The highest BCUT2D eigenvalue weighted by atomic mass is 32.2. The largest absolute Gasteiger partial charge is 0.338 e. The Kier molecular flexibility index (Phi) is 8.12. The predicted octanol–water partition coefficient (Wildman–Crippen LogP) is 7.65. The van der Waals surface area contributed by atoms with Gasteiger partial charge in [-0.2, -0.15) is 4.31 Å². The van der Waals surface area contributed by atoms with Crippen molar-refractivity contribution in [3.05, 3.63) is 102 Å². The second-order valence-electron chi connectivity index (χ2n) is 11.2. The molecule has 2 aromatic heterocycles. The van der Waals surface area contributed by atoms with Crippen LogP contribution in [-0.2, 0) is 10.0 Å². The Morgan fingerprint density at radius 1 is 0.929 bits per heavy atom. The van der Waals surface area contributed by atoms with Crippen LogP contribution in [0.3, 0.4) is 0 Å². The molecule has 0 bridgehead atoms. The van der Waals surface area contributed by atoms with Crippen molar-refractivity contribution < 1.29 is 13.2 Å². The van der Waals surface area contributed by atoms with Crippen LogP contribution in [0.5, 0.6) is 0 Å². The minimum Gasteiger partial charge on any atom is -0.338 e. The maximum atomic E-state index is 14.0. The average molecular weight is 598 g/mol. The number of ketones is 1. The van der Waals surface area contributed by atoms with Gasteiger partial charge in [-0.05, 0) is 42.5 Å². The van der Waals surface area contributed by atoms with E-state index in [9.17, 15) is 13.2 Å². The van der Waals surface area contributed by atoms with E-state index in [2.05, 4.69) is 34.7 Å². The molecule has 0 N–H and O–H groups in total. The number of nitrogens with zero attached hydrogens (tertiary/aromatic N) is 3. The maximum absolute atomic E-state index is 14.0. The number of piperazine rings is 1. The van der Waals surface area contributed by atoms with Gasteiger partial charge < -0.3 is 4.90 Å². The molecule has 3 heterocycles. The van der Waals surface area contributed by atoms with Crippen LogP contribution in [0.1, 0.15) is 48.7 Å². The highest BCUT2D eigenvalue weighted by Crippen LogP contribution is 2.43. The molecule has 2 aromatic carbocycles. The van der Waals surface area contributed by atoms with Crippen LogP contribution in [0.4, 0.5) is 5.69 Å². The molecule has 6 nitrogen and oxygen atoms in total. The summed E-state index contributed by atoms with van der Waals surface area (Å²) < 4.78 is 29.5. The number of thiophene rings is 1. The first kappa shape index (κ1) is 28.5. The Labute approximate surface area is 252 Å². The third kappa shape index (κ3) is 5.59. The monoisotopic (exact) mass is 597 g/mol. The lowest BCUT2D eigenvalue weighted by atomic mass is 9.82. The number of hydrogen-bond acceptors (Lipinski definition) is 6. The number of benzene rings is 2. The van der Waals surface area contributed by atoms with Crippen LogP contribution in [0.2, 0.25) is 0 Å². The lowest BCUT2D eigenvalue weighted by Gasteiger charge is -2.47. The maximum Gasteiger partial charge on any atom is 0.245 e. The first-order chi connectivity index (χ1) is 20.3. The molecule has 6 rings (SSSR count). The molecule has 216 valence electrons. The Bertz CT molecular complexity index is 1680. The summed E-state index contributed by atoms with van der Waals surface area (Å²) in [4.78, 5) is 21.5. The Morgan fingerprint density at radius 2 is 1.60 bits per heavy atom. The van der Waals surface area contributed by atoms with E-state index in [4.69, 9.17) is 0 Å². The van der Waals surface area contributed by atoms with Crippen LogP contribution >= 0.6 is 11.3 Å². The van der Waals surface area contributed by atoms with Crippen LogP contribution in [0.15, 0.2) is 102 Å². The summed E-state index contributed by atoms with van der Waals surface area (Å²) in [6.07, 6.45) is 6.96. The number of carbonyl (C=O) groups is 1. The van der Waals surface area contributed by atoms with Gasteiger partial charge in [0, 0.05) is 35.8 Å². The molecule has 0 unspecified atom stereocenters. The number of hydrogen-bond donors (Lipinski definition) is 0. The summed E-state index contributed by atoms with van der Waals surface area (Å²) in [6, 6.07) is 25.2. The number of anilines is 1. The molecule has 0 radical (unpaired) electrons. The highest BCUT2D eigenvalue weighted by Gasteiger charge is 2.41. The molecule has 42 heavy (non-hydrogen) atoms. The fourth-order valence-corrected chi connectivity index (χ4v) is 8.74. The number of pyridine rings is 1. The molecule has 2 aliphatic rings. The lowest BCUT2D eigenvalue weighted by Crippen LogP contribution is -2.56. The molecule has 1 saturated carbocycles. The third-order valence-corrected chi connectivity index (χ3v) is 11.5. The van der Waals surface area contributed by atoms with Crippen molar-refractivity contribution in [1.29, 1.82) is 0 Å². The third-order valence-electron chi connectivity index (χ3n) is 8.41. The zero-order valence-electron chi connectivity index (χ0n) is 23.8. The van der Waals surface area contributed by atoms with E-state index in [-0.39, 0.29) is 23.3 Å². The van der Waals surface area contributed by atoms with Gasteiger partial charge in [0.15, 0.2) is 5.78 Å². The van der Waals surface area contributed by atoms with E-state index < -0.39 is 10.0 Å². The Hall–Kier alpha value is -3.59. The van der Waals surface area contributed by atoms with E-state index in [0.29, 0.717) is 23.0 Å². The summed E-state index contributed by atoms with van der Waals surface area (Å²) >= 11 is 1.50. The molecule has 0 amide bonds. The van der Waals surface area contributed by atoms with Gasteiger partial charge in [-0.15, -0.1) is 11.3 Å². The van der Waals surface area contributed by atoms with E-state index in [0.717, 1.165) is 53.1 Å². The molecule has 4 aromatic rings. The minimum atomic E-state index is -3.82. The van der Waals surface area contributed by atoms with Crippen molar-refractivity contribution in [3.63, 3.8) is 0 Å². The predicted molar refractivity (Wildman–Crippen MR) is 170 cm³/mol. The van der Waals surface area contributed by atoms with Gasteiger partial charge in [-0.1, -0.05) is 86.5 Å². The van der Waals surface area contributed by atoms with Gasteiger partial charge in [0.05, 0.1) is 28.8 Å². The summed E-state index contributed by atoms with van der Waals surface area (Å²) in [5, 5.41) is 0. The molecule has 2 fully saturated rings. The van der Waals surface area contributed by atoms with Gasteiger partial charge in [0.1, 0.15) is 4.90 Å². The molecular formula is C34H35N3O3S2. The zero-order chi connectivity index (χ0) is 29.3. The summed E-state index contributed by atoms with van der Waals surface area (Å²) in [5.41, 5.74) is 4.26. The van der Waals surface area contributed by atoms with Crippen molar-refractivity contribution in [2.24, 2.45) is 5.92 Å². The fourth-order valence-electron chi connectivity index (χ4n) is 6.30. The van der Waals surface area contributed by atoms with Crippen molar-refractivity contribution in [3.8, 4) is 21.7 Å². The SMILES string of the molecule is C=C1CN(S(=O)(=O)c2ccc(-c3ccccc3)nc2)C[C@@H](C2CCCCC2)N1c1cc(-c2ccccc2)sc1C(C)=O. The number of aromatic nitrogens is 1. The number of sulfonamides is 1. The van der Waals surface area contributed by atoms with E-state index in [1.807, 2.05) is 48.5 Å². The zero-order valence-corrected chi connectivity index (χ0v) is 25.4. The summed E-state index contributed by atoms with van der Waals surface area (Å²) in [5.74, 6) is 0.305.